The second-order valence-corrected chi connectivity index (χ2v) is 5.48. The number of benzene rings is 1. The summed E-state index contributed by atoms with van der Waals surface area (Å²) < 4.78 is 43.3. The molecule has 0 saturated carbocycles. The third-order valence-corrected chi connectivity index (χ3v) is 3.97. The van der Waals surface area contributed by atoms with Gasteiger partial charge in [0.25, 0.3) is 0 Å². The standard InChI is InChI=1S/C15H10F3N2OS/c1-8-4-3-5-9-6-10(21-2)13(20-12(8)9)14-19-11(7-22-14)15(16,17)18/h3-5,7H,1-2H3. The first-order valence-electron chi connectivity index (χ1n) is 6.30. The normalized spacial score (nSPS) is 11.9. The Hall–Kier alpha value is -2.15. The molecule has 0 N–H and O–H groups in total. The SMILES string of the molecule is COc1[c]c2cccc(C)c2nc1-c1nc(C(F)(F)F)cs1. The average molecular weight is 323 g/mol. The molecule has 0 spiro atoms. The van der Waals surface area contributed by atoms with Gasteiger partial charge in [0.05, 0.1) is 12.6 Å². The highest BCUT2D eigenvalue weighted by molar-refractivity contribution is 7.13. The first kappa shape index (κ1) is 14.8. The topological polar surface area (TPSA) is 35.0 Å². The summed E-state index contributed by atoms with van der Waals surface area (Å²) in [6.07, 6.45) is -4.47. The minimum Gasteiger partial charge on any atom is -0.494 e. The Morgan fingerprint density at radius 1 is 1.23 bits per heavy atom. The van der Waals surface area contributed by atoms with E-state index in [4.69, 9.17) is 4.74 Å². The van der Waals surface area contributed by atoms with Crippen molar-refractivity contribution in [2.45, 2.75) is 13.1 Å². The van der Waals surface area contributed by atoms with Gasteiger partial charge >= 0.3 is 6.18 Å². The third-order valence-electron chi connectivity index (χ3n) is 3.13. The van der Waals surface area contributed by atoms with Crippen molar-refractivity contribution in [3.8, 4) is 16.5 Å². The first-order valence-corrected chi connectivity index (χ1v) is 7.18. The van der Waals surface area contributed by atoms with Gasteiger partial charge in [0.2, 0.25) is 0 Å². The molecule has 3 rings (SSSR count). The molecular formula is C15H10F3N2OS. The zero-order valence-electron chi connectivity index (χ0n) is 11.7. The molecule has 0 bridgehead atoms. The number of nitrogens with zero attached hydrogens (tertiary/aromatic N) is 2. The number of methoxy groups -OCH3 is 1. The van der Waals surface area contributed by atoms with Crippen molar-refractivity contribution in [1.29, 1.82) is 0 Å². The van der Waals surface area contributed by atoms with Gasteiger partial charge in [-0.1, -0.05) is 18.2 Å². The fraction of sp³-hybridized carbons (Fsp3) is 0.200. The molecule has 113 valence electrons. The lowest BCUT2D eigenvalue weighted by molar-refractivity contribution is -0.140. The molecule has 0 aliphatic heterocycles. The van der Waals surface area contributed by atoms with E-state index in [1.54, 1.807) is 0 Å². The Morgan fingerprint density at radius 2 is 2.00 bits per heavy atom. The Labute approximate surface area is 128 Å². The smallest absolute Gasteiger partial charge is 0.434 e. The number of aryl methyl sites for hydroxylation is 1. The number of pyridine rings is 1. The van der Waals surface area contributed by atoms with Crippen LogP contribution < -0.4 is 4.74 Å². The van der Waals surface area contributed by atoms with E-state index in [0.717, 1.165) is 27.7 Å². The molecule has 1 aromatic carbocycles. The minimum absolute atomic E-state index is 0.158. The number of para-hydroxylation sites is 1. The van der Waals surface area contributed by atoms with Crippen LogP contribution in [0.1, 0.15) is 11.3 Å². The van der Waals surface area contributed by atoms with Gasteiger partial charge in [-0.05, 0) is 12.5 Å². The number of aromatic nitrogens is 2. The highest BCUT2D eigenvalue weighted by Gasteiger charge is 2.34. The molecule has 1 radical (unpaired) electrons. The van der Waals surface area contributed by atoms with Crippen LogP contribution >= 0.6 is 11.3 Å². The van der Waals surface area contributed by atoms with Crippen LogP contribution in [-0.2, 0) is 6.18 Å². The van der Waals surface area contributed by atoms with Crippen LogP contribution in [0.2, 0.25) is 0 Å². The second-order valence-electron chi connectivity index (χ2n) is 4.63. The number of hydrogen-bond donors (Lipinski definition) is 0. The number of halogens is 3. The highest BCUT2D eigenvalue weighted by atomic mass is 32.1. The summed E-state index contributed by atoms with van der Waals surface area (Å²) in [5, 5.41) is 1.87. The van der Waals surface area contributed by atoms with Crippen LogP contribution in [-0.4, -0.2) is 17.1 Å². The van der Waals surface area contributed by atoms with E-state index in [9.17, 15) is 13.2 Å². The lowest BCUT2D eigenvalue weighted by atomic mass is 10.1. The van der Waals surface area contributed by atoms with Crippen LogP contribution in [0.4, 0.5) is 13.2 Å². The summed E-state index contributed by atoms with van der Waals surface area (Å²) >= 11 is 0.880. The van der Waals surface area contributed by atoms with E-state index in [-0.39, 0.29) is 16.5 Å². The van der Waals surface area contributed by atoms with Crippen molar-refractivity contribution >= 4 is 22.2 Å². The van der Waals surface area contributed by atoms with Crippen LogP contribution in [0.15, 0.2) is 23.6 Å². The van der Waals surface area contributed by atoms with Gasteiger partial charge in [0, 0.05) is 16.8 Å². The molecule has 0 atom stereocenters. The number of thiazole rings is 1. The molecular weight excluding hydrogens is 313 g/mol. The lowest BCUT2D eigenvalue weighted by Crippen LogP contribution is -2.05. The molecule has 2 aromatic heterocycles. The van der Waals surface area contributed by atoms with Gasteiger partial charge in [0.15, 0.2) is 11.4 Å². The highest BCUT2D eigenvalue weighted by Crippen LogP contribution is 2.37. The van der Waals surface area contributed by atoms with E-state index in [0.29, 0.717) is 5.52 Å². The molecule has 0 unspecified atom stereocenters. The quantitative estimate of drug-likeness (QED) is 0.697. The van der Waals surface area contributed by atoms with Crippen molar-refractivity contribution in [2.75, 3.05) is 7.11 Å². The maximum atomic E-state index is 12.7. The molecule has 0 fully saturated rings. The predicted octanol–water partition coefficient (Wildman–Crippen LogP) is 4.49. The number of hydrogen-bond acceptors (Lipinski definition) is 4. The van der Waals surface area contributed by atoms with Gasteiger partial charge in [-0.2, -0.15) is 13.2 Å². The maximum Gasteiger partial charge on any atom is 0.434 e. The molecule has 0 aliphatic rings. The Kier molecular flexibility index (Phi) is 3.52. The van der Waals surface area contributed by atoms with Crippen molar-refractivity contribution < 1.29 is 17.9 Å². The van der Waals surface area contributed by atoms with Gasteiger partial charge in [0.1, 0.15) is 10.7 Å². The lowest BCUT2D eigenvalue weighted by Gasteiger charge is -2.08. The van der Waals surface area contributed by atoms with E-state index in [1.165, 1.54) is 7.11 Å². The predicted molar refractivity (Wildman–Crippen MR) is 78.0 cm³/mol. The van der Waals surface area contributed by atoms with Crippen molar-refractivity contribution in [3.05, 3.63) is 40.9 Å². The van der Waals surface area contributed by atoms with Crippen molar-refractivity contribution in [2.24, 2.45) is 0 Å². The molecule has 0 saturated heterocycles. The fourth-order valence-electron chi connectivity index (χ4n) is 2.06. The van der Waals surface area contributed by atoms with Crippen LogP contribution in [0.25, 0.3) is 21.6 Å². The largest absolute Gasteiger partial charge is 0.494 e. The van der Waals surface area contributed by atoms with Gasteiger partial charge in [-0.25, -0.2) is 9.97 Å². The van der Waals surface area contributed by atoms with Crippen molar-refractivity contribution in [1.82, 2.24) is 9.97 Å². The second kappa shape index (κ2) is 5.24. The summed E-state index contributed by atoms with van der Waals surface area (Å²) in [7, 11) is 1.43. The summed E-state index contributed by atoms with van der Waals surface area (Å²) in [5.74, 6) is 0.279. The average Bonchev–Trinajstić information content (AvgIpc) is 2.96. The molecule has 3 nitrogen and oxygen atoms in total. The molecule has 7 heteroatoms. The van der Waals surface area contributed by atoms with Crippen molar-refractivity contribution in [3.63, 3.8) is 0 Å². The number of fused-ring (bicyclic) bond motifs is 1. The summed E-state index contributed by atoms with van der Waals surface area (Å²) in [5.41, 5.74) is 0.915. The van der Waals surface area contributed by atoms with Gasteiger partial charge < -0.3 is 4.74 Å². The molecule has 3 aromatic rings. The van der Waals surface area contributed by atoms with E-state index in [1.807, 2.05) is 25.1 Å². The van der Waals surface area contributed by atoms with E-state index < -0.39 is 11.9 Å². The summed E-state index contributed by atoms with van der Waals surface area (Å²) in [6, 6.07) is 8.60. The van der Waals surface area contributed by atoms with Gasteiger partial charge in [-0.3, -0.25) is 0 Å². The van der Waals surface area contributed by atoms with E-state index in [2.05, 4.69) is 16.0 Å². The summed E-state index contributed by atoms with van der Waals surface area (Å²) in [4.78, 5) is 8.06. The van der Waals surface area contributed by atoms with Crippen LogP contribution in [0.5, 0.6) is 5.75 Å². The van der Waals surface area contributed by atoms with E-state index >= 15 is 0 Å². The van der Waals surface area contributed by atoms with Crippen LogP contribution in [0.3, 0.4) is 0 Å². The van der Waals surface area contributed by atoms with Crippen LogP contribution in [0, 0.1) is 13.0 Å². The molecule has 0 aliphatic carbocycles. The minimum atomic E-state index is -4.47. The Balaban J connectivity index is 2.21. The zero-order valence-corrected chi connectivity index (χ0v) is 12.5. The van der Waals surface area contributed by atoms with Gasteiger partial charge in [-0.15, -0.1) is 11.3 Å². The zero-order chi connectivity index (χ0) is 15.9. The summed E-state index contributed by atoms with van der Waals surface area (Å²) in [6.45, 7) is 1.88. The number of ether oxygens (including phenoxy) is 1. The molecule has 0 amide bonds. The first-order chi connectivity index (χ1) is 10.4. The molecule has 2 heterocycles. The Morgan fingerprint density at radius 3 is 2.64 bits per heavy atom. The third kappa shape index (κ3) is 2.52. The maximum absolute atomic E-state index is 12.7. The Bertz CT molecular complexity index is 842. The fourth-order valence-corrected chi connectivity index (χ4v) is 2.87. The monoisotopic (exact) mass is 323 g/mol. The number of rotatable bonds is 2. The molecule has 22 heavy (non-hydrogen) atoms. The number of alkyl halides is 3.